The second-order valence-corrected chi connectivity index (χ2v) is 8.69. The maximum atomic E-state index is 12.7. The highest BCUT2D eigenvalue weighted by Crippen LogP contribution is 2.29. The first-order chi connectivity index (χ1) is 15.4. The zero-order chi connectivity index (χ0) is 22.7. The van der Waals surface area contributed by atoms with E-state index in [0.717, 1.165) is 28.1 Å². The van der Waals surface area contributed by atoms with E-state index < -0.39 is 0 Å². The number of anilines is 1. The highest BCUT2D eigenvalue weighted by atomic mass is 32.2. The van der Waals surface area contributed by atoms with Crippen LogP contribution in [0.5, 0.6) is 0 Å². The molecule has 0 aliphatic carbocycles. The van der Waals surface area contributed by atoms with Crippen LogP contribution in [0.15, 0.2) is 66.1 Å². The molecule has 2 aromatic heterocycles. The van der Waals surface area contributed by atoms with Crippen molar-refractivity contribution >= 4 is 23.4 Å². The Morgan fingerprint density at radius 1 is 0.906 bits per heavy atom. The first-order valence-corrected chi connectivity index (χ1v) is 11.3. The van der Waals surface area contributed by atoms with Crippen LogP contribution < -0.4 is 5.32 Å². The Balaban J connectivity index is 1.63. The number of carbonyl (C=O) groups is 1. The molecule has 0 fully saturated rings. The number of nitrogens with one attached hydrogen (secondary N) is 1. The van der Waals surface area contributed by atoms with Gasteiger partial charge in [-0.2, -0.15) is 0 Å². The summed E-state index contributed by atoms with van der Waals surface area (Å²) >= 11 is 1.37. The number of benzene rings is 2. The number of carbonyl (C=O) groups excluding carboxylic acids is 1. The van der Waals surface area contributed by atoms with E-state index in [1.807, 2.05) is 48.7 Å². The molecule has 4 rings (SSSR count). The van der Waals surface area contributed by atoms with Gasteiger partial charge in [-0.15, -0.1) is 10.2 Å². The van der Waals surface area contributed by atoms with Gasteiger partial charge in [-0.3, -0.25) is 14.3 Å². The molecular weight excluding hydrogens is 418 g/mol. The lowest BCUT2D eigenvalue weighted by Crippen LogP contribution is -2.16. The summed E-state index contributed by atoms with van der Waals surface area (Å²) in [4.78, 5) is 16.8. The van der Waals surface area contributed by atoms with Crippen LogP contribution in [0, 0.1) is 27.7 Å². The van der Waals surface area contributed by atoms with Crippen LogP contribution in [0.4, 0.5) is 5.69 Å². The largest absolute Gasteiger partial charge is 0.325 e. The molecule has 0 aliphatic rings. The molecule has 32 heavy (non-hydrogen) atoms. The zero-order valence-corrected chi connectivity index (χ0v) is 19.4. The number of hydrogen-bond donors (Lipinski definition) is 1. The molecule has 0 radical (unpaired) electrons. The van der Waals surface area contributed by atoms with Crippen molar-refractivity contribution < 1.29 is 4.79 Å². The number of hydrogen-bond acceptors (Lipinski definition) is 5. The normalized spacial score (nSPS) is 10.9. The molecule has 0 saturated heterocycles. The minimum atomic E-state index is -0.0764. The Labute approximate surface area is 192 Å². The summed E-state index contributed by atoms with van der Waals surface area (Å²) in [5.41, 5.74) is 7.23. The molecule has 0 spiro atoms. The van der Waals surface area contributed by atoms with Gasteiger partial charge in [0.2, 0.25) is 5.91 Å². The van der Waals surface area contributed by atoms with E-state index in [2.05, 4.69) is 52.5 Å². The molecule has 0 aliphatic heterocycles. The van der Waals surface area contributed by atoms with Gasteiger partial charge in [-0.05, 0) is 74.2 Å². The molecule has 0 bridgehead atoms. The lowest BCUT2D eigenvalue weighted by molar-refractivity contribution is -0.113. The van der Waals surface area contributed by atoms with Crippen molar-refractivity contribution in [3.05, 3.63) is 83.2 Å². The van der Waals surface area contributed by atoms with E-state index in [0.29, 0.717) is 11.0 Å². The molecule has 2 heterocycles. The van der Waals surface area contributed by atoms with E-state index in [4.69, 9.17) is 0 Å². The highest BCUT2D eigenvalue weighted by molar-refractivity contribution is 7.99. The van der Waals surface area contributed by atoms with Gasteiger partial charge in [0.05, 0.1) is 11.4 Å². The first kappa shape index (κ1) is 21.8. The highest BCUT2D eigenvalue weighted by Gasteiger charge is 2.18. The monoisotopic (exact) mass is 443 g/mol. The Bertz CT molecular complexity index is 1250. The smallest absolute Gasteiger partial charge is 0.234 e. The number of nitrogens with zero attached hydrogens (tertiary/aromatic N) is 4. The zero-order valence-electron chi connectivity index (χ0n) is 18.6. The number of thioether (sulfide) groups is 1. The van der Waals surface area contributed by atoms with E-state index in [-0.39, 0.29) is 11.7 Å². The van der Waals surface area contributed by atoms with Crippen molar-refractivity contribution in [3.63, 3.8) is 0 Å². The van der Waals surface area contributed by atoms with Gasteiger partial charge in [0.15, 0.2) is 11.0 Å². The molecular formula is C25H25N5OS. The number of rotatable bonds is 6. The van der Waals surface area contributed by atoms with E-state index in [9.17, 15) is 4.79 Å². The van der Waals surface area contributed by atoms with Crippen LogP contribution in [-0.2, 0) is 4.79 Å². The Kier molecular flexibility index (Phi) is 6.37. The summed E-state index contributed by atoms with van der Waals surface area (Å²) in [5.74, 6) is 0.869. The van der Waals surface area contributed by atoms with Crippen LogP contribution >= 0.6 is 11.8 Å². The molecule has 0 saturated carbocycles. The summed E-state index contributed by atoms with van der Waals surface area (Å²) < 4.78 is 2.00. The average Bonchev–Trinajstić information content (AvgIpc) is 3.21. The van der Waals surface area contributed by atoms with Gasteiger partial charge < -0.3 is 5.32 Å². The second-order valence-electron chi connectivity index (χ2n) is 7.75. The molecule has 6 nitrogen and oxygen atoms in total. The van der Waals surface area contributed by atoms with Crippen LogP contribution in [0.1, 0.15) is 22.3 Å². The molecule has 2 aromatic carbocycles. The maximum absolute atomic E-state index is 12.7. The summed E-state index contributed by atoms with van der Waals surface area (Å²) in [6, 6.07) is 16.0. The fourth-order valence-electron chi connectivity index (χ4n) is 3.47. The maximum Gasteiger partial charge on any atom is 0.234 e. The van der Waals surface area contributed by atoms with E-state index >= 15 is 0 Å². The van der Waals surface area contributed by atoms with Crippen molar-refractivity contribution in [1.29, 1.82) is 0 Å². The minimum Gasteiger partial charge on any atom is -0.325 e. The van der Waals surface area contributed by atoms with Crippen molar-refractivity contribution in [2.24, 2.45) is 0 Å². The quantitative estimate of drug-likeness (QED) is 0.410. The van der Waals surface area contributed by atoms with Crippen LogP contribution in [0.2, 0.25) is 0 Å². The average molecular weight is 444 g/mol. The van der Waals surface area contributed by atoms with Crippen molar-refractivity contribution in [2.45, 2.75) is 32.9 Å². The first-order valence-electron chi connectivity index (χ1n) is 10.4. The minimum absolute atomic E-state index is 0.0764. The fraction of sp³-hybridized carbons (Fsp3) is 0.200. The summed E-state index contributed by atoms with van der Waals surface area (Å²) in [7, 11) is 0. The molecule has 7 heteroatoms. The lowest BCUT2D eigenvalue weighted by Gasteiger charge is -2.13. The Hall–Kier alpha value is -3.45. The van der Waals surface area contributed by atoms with Crippen molar-refractivity contribution in [2.75, 3.05) is 11.1 Å². The number of aromatic nitrogens is 4. The number of amides is 1. The topological polar surface area (TPSA) is 72.7 Å². The van der Waals surface area contributed by atoms with E-state index in [1.165, 1.54) is 22.9 Å². The molecule has 1 N–H and O–H groups in total. The van der Waals surface area contributed by atoms with Gasteiger partial charge in [0, 0.05) is 23.6 Å². The van der Waals surface area contributed by atoms with Gasteiger partial charge in [-0.25, -0.2) is 0 Å². The predicted octanol–water partition coefficient (Wildman–Crippen LogP) is 5.29. The Morgan fingerprint density at radius 2 is 1.62 bits per heavy atom. The van der Waals surface area contributed by atoms with E-state index in [1.54, 1.807) is 12.4 Å². The third-order valence-corrected chi connectivity index (χ3v) is 6.33. The fourth-order valence-corrected chi connectivity index (χ4v) is 4.22. The summed E-state index contributed by atoms with van der Waals surface area (Å²) in [6.45, 7) is 8.16. The van der Waals surface area contributed by atoms with Gasteiger partial charge >= 0.3 is 0 Å². The number of aryl methyl sites for hydroxylation is 4. The number of para-hydroxylation sites is 1. The standard InChI is InChI=1S/C25H25N5OS/c1-16-8-9-21(14-19(16)4)30-24(20-10-12-26-13-11-20)28-29-25(30)32-15-22(31)27-23-17(2)6-5-7-18(23)3/h5-14H,15H2,1-4H3,(H,27,31). The van der Waals surface area contributed by atoms with Crippen LogP contribution in [0.25, 0.3) is 17.1 Å². The molecule has 162 valence electrons. The van der Waals surface area contributed by atoms with Crippen LogP contribution in [-0.4, -0.2) is 31.4 Å². The molecule has 4 aromatic rings. The SMILES string of the molecule is Cc1ccc(-n2c(SCC(=O)Nc3c(C)cccc3C)nnc2-c2ccncc2)cc1C. The van der Waals surface area contributed by atoms with Crippen LogP contribution in [0.3, 0.4) is 0 Å². The molecule has 0 unspecified atom stereocenters. The predicted molar refractivity (Wildman–Crippen MR) is 129 cm³/mol. The molecule has 1 amide bonds. The van der Waals surface area contributed by atoms with Crippen molar-refractivity contribution in [1.82, 2.24) is 19.7 Å². The van der Waals surface area contributed by atoms with Gasteiger partial charge in [0.25, 0.3) is 0 Å². The third-order valence-electron chi connectivity index (χ3n) is 5.40. The van der Waals surface area contributed by atoms with Crippen molar-refractivity contribution in [3.8, 4) is 17.1 Å². The number of pyridine rings is 1. The molecule has 0 atom stereocenters. The summed E-state index contributed by atoms with van der Waals surface area (Å²) in [6.07, 6.45) is 3.47. The van der Waals surface area contributed by atoms with Gasteiger partial charge in [0.1, 0.15) is 0 Å². The van der Waals surface area contributed by atoms with Gasteiger partial charge in [-0.1, -0.05) is 36.0 Å². The Morgan fingerprint density at radius 3 is 2.31 bits per heavy atom. The lowest BCUT2D eigenvalue weighted by atomic mass is 10.1. The summed E-state index contributed by atoms with van der Waals surface area (Å²) in [5, 5.41) is 12.5. The second kappa shape index (κ2) is 9.36. The third kappa shape index (κ3) is 4.57.